The van der Waals surface area contributed by atoms with Gasteiger partial charge in [0.05, 0.1) is 0 Å². The first-order valence-corrected chi connectivity index (χ1v) is 11.1. The fraction of sp³-hybridized carbons (Fsp3) is 1.00. The summed E-state index contributed by atoms with van der Waals surface area (Å²) in [4.78, 5) is 0. The van der Waals surface area contributed by atoms with Crippen molar-refractivity contribution in [2.45, 2.75) is 97.9 Å². The van der Waals surface area contributed by atoms with Crippen molar-refractivity contribution in [2.24, 2.45) is 52.1 Å². The second-order valence-corrected chi connectivity index (χ2v) is 11.1. The average molecular weight is 332 g/mol. The molecule has 4 rings (SSSR count). The maximum atomic E-state index is 6.47. The Labute approximate surface area is 150 Å². The molecule has 0 amide bonds. The molecule has 0 aromatic rings. The lowest BCUT2D eigenvalue weighted by atomic mass is 9.42. The SMILES string of the molecule is CC(N)[C@H]1CCCC2[C@@H]3CC[C@]4(C)C[C@@H](C)CC[C@@H]4C3CC[C@@]21C. The van der Waals surface area contributed by atoms with Gasteiger partial charge in [-0.1, -0.05) is 33.6 Å². The molecule has 2 N–H and O–H groups in total. The Kier molecular flexibility index (Phi) is 4.34. The molecule has 0 saturated heterocycles. The van der Waals surface area contributed by atoms with Crippen molar-refractivity contribution in [3.05, 3.63) is 0 Å². The van der Waals surface area contributed by atoms with Crippen molar-refractivity contribution in [2.75, 3.05) is 0 Å². The summed E-state index contributed by atoms with van der Waals surface area (Å²) < 4.78 is 0. The van der Waals surface area contributed by atoms with Gasteiger partial charge in [0.1, 0.15) is 0 Å². The molecule has 0 radical (unpaired) electrons. The summed E-state index contributed by atoms with van der Waals surface area (Å²) in [6.07, 6.45) is 14.9. The van der Waals surface area contributed by atoms with Crippen LogP contribution in [0.1, 0.15) is 91.9 Å². The third-order valence-electron chi connectivity index (χ3n) is 9.69. The molecule has 0 spiro atoms. The molecule has 3 unspecified atom stereocenters. The molecule has 138 valence electrons. The van der Waals surface area contributed by atoms with Crippen LogP contribution in [0.4, 0.5) is 0 Å². The maximum Gasteiger partial charge on any atom is 0.00440 e. The van der Waals surface area contributed by atoms with Crippen molar-refractivity contribution in [1.82, 2.24) is 0 Å². The third kappa shape index (κ3) is 2.51. The van der Waals surface area contributed by atoms with E-state index in [1.165, 1.54) is 64.2 Å². The zero-order valence-corrected chi connectivity index (χ0v) is 16.7. The maximum absolute atomic E-state index is 6.47. The topological polar surface area (TPSA) is 26.0 Å². The van der Waals surface area contributed by atoms with E-state index in [0.29, 0.717) is 16.9 Å². The lowest BCUT2D eigenvalue weighted by Crippen LogP contribution is -2.56. The molecule has 9 atom stereocenters. The van der Waals surface area contributed by atoms with E-state index in [4.69, 9.17) is 5.73 Å². The highest BCUT2D eigenvalue weighted by Crippen LogP contribution is 2.65. The van der Waals surface area contributed by atoms with Gasteiger partial charge in [0, 0.05) is 6.04 Å². The summed E-state index contributed by atoms with van der Waals surface area (Å²) in [6, 6.07) is 0.388. The van der Waals surface area contributed by atoms with Crippen LogP contribution in [-0.2, 0) is 0 Å². The molecule has 4 aliphatic carbocycles. The van der Waals surface area contributed by atoms with Crippen LogP contribution in [-0.4, -0.2) is 6.04 Å². The van der Waals surface area contributed by atoms with Crippen molar-refractivity contribution in [3.63, 3.8) is 0 Å². The molecule has 1 nitrogen and oxygen atoms in total. The fourth-order valence-corrected chi connectivity index (χ4v) is 8.71. The minimum atomic E-state index is 0.388. The van der Waals surface area contributed by atoms with Gasteiger partial charge in [-0.05, 0) is 105 Å². The molecular formula is C23H41N. The number of rotatable bonds is 1. The van der Waals surface area contributed by atoms with Crippen molar-refractivity contribution in [3.8, 4) is 0 Å². The van der Waals surface area contributed by atoms with E-state index in [-0.39, 0.29) is 0 Å². The molecule has 0 heterocycles. The second-order valence-electron chi connectivity index (χ2n) is 11.1. The van der Waals surface area contributed by atoms with E-state index in [9.17, 15) is 0 Å². The Morgan fingerprint density at radius 1 is 0.875 bits per heavy atom. The van der Waals surface area contributed by atoms with E-state index in [2.05, 4.69) is 27.7 Å². The molecule has 4 saturated carbocycles. The van der Waals surface area contributed by atoms with Crippen molar-refractivity contribution < 1.29 is 0 Å². The van der Waals surface area contributed by atoms with Crippen LogP contribution in [0.25, 0.3) is 0 Å². The van der Waals surface area contributed by atoms with E-state index in [1.807, 2.05) is 0 Å². The predicted molar refractivity (Wildman–Crippen MR) is 103 cm³/mol. The minimum Gasteiger partial charge on any atom is -0.328 e. The zero-order chi connectivity index (χ0) is 17.1. The van der Waals surface area contributed by atoms with Gasteiger partial charge in [-0.2, -0.15) is 0 Å². The first-order valence-electron chi connectivity index (χ1n) is 11.1. The summed E-state index contributed by atoms with van der Waals surface area (Å²) in [5.41, 5.74) is 7.68. The Balaban J connectivity index is 1.60. The van der Waals surface area contributed by atoms with Crippen molar-refractivity contribution in [1.29, 1.82) is 0 Å². The van der Waals surface area contributed by atoms with Gasteiger partial charge < -0.3 is 5.73 Å². The van der Waals surface area contributed by atoms with Gasteiger partial charge >= 0.3 is 0 Å². The van der Waals surface area contributed by atoms with Crippen LogP contribution in [0.5, 0.6) is 0 Å². The molecule has 0 bridgehead atoms. The first kappa shape index (κ1) is 17.4. The Hall–Kier alpha value is -0.0400. The molecule has 0 aromatic carbocycles. The highest BCUT2D eigenvalue weighted by molar-refractivity contribution is 5.07. The lowest BCUT2D eigenvalue weighted by Gasteiger charge is -2.63. The van der Waals surface area contributed by atoms with E-state index < -0.39 is 0 Å². The number of fused-ring (bicyclic) bond motifs is 5. The summed E-state index contributed by atoms with van der Waals surface area (Å²) in [6.45, 7) is 10.1. The Bertz CT molecular complexity index is 471. The summed E-state index contributed by atoms with van der Waals surface area (Å²) in [5.74, 6) is 5.82. The molecule has 4 fully saturated rings. The smallest absolute Gasteiger partial charge is 0.00440 e. The summed E-state index contributed by atoms with van der Waals surface area (Å²) >= 11 is 0. The van der Waals surface area contributed by atoms with Gasteiger partial charge in [0.25, 0.3) is 0 Å². The first-order chi connectivity index (χ1) is 11.3. The molecule has 1 heteroatoms. The highest BCUT2D eigenvalue weighted by atomic mass is 14.7. The van der Waals surface area contributed by atoms with Gasteiger partial charge in [-0.25, -0.2) is 0 Å². The van der Waals surface area contributed by atoms with Gasteiger partial charge in [-0.3, -0.25) is 0 Å². The monoisotopic (exact) mass is 331 g/mol. The van der Waals surface area contributed by atoms with E-state index in [1.54, 1.807) is 0 Å². The molecule has 0 aliphatic heterocycles. The van der Waals surface area contributed by atoms with Crippen LogP contribution in [0.15, 0.2) is 0 Å². The average Bonchev–Trinajstić information content (AvgIpc) is 2.52. The van der Waals surface area contributed by atoms with Crippen LogP contribution in [0.2, 0.25) is 0 Å². The largest absolute Gasteiger partial charge is 0.328 e. The Morgan fingerprint density at radius 2 is 1.58 bits per heavy atom. The summed E-state index contributed by atoms with van der Waals surface area (Å²) in [5, 5.41) is 0. The van der Waals surface area contributed by atoms with E-state index in [0.717, 1.165) is 35.5 Å². The Morgan fingerprint density at radius 3 is 2.33 bits per heavy atom. The fourth-order valence-electron chi connectivity index (χ4n) is 8.71. The molecule has 0 aromatic heterocycles. The molecule has 24 heavy (non-hydrogen) atoms. The van der Waals surface area contributed by atoms with Crippen molar-refractivity contribution >= 4 is 0 Å². The minimum absolute atomic E-state index is 0.388. The zero-order valence-electron chi connectivity index (χ0n) is 16.7. The molecular weight excluding hydrogens is 290 g/mol. The number of hydrogen-bond acceptors (Lipinski definition) is 1. The number of hydrogen-bond donors (Lipinski definition) is 1. The third-order valence-corrected chi connectivity index (χ3v) is 9.69. The van der Waals surface area contributed by atoms with Gasteiger partial charge in [0.15, 0.2) is 0 Å². The van der Waals surface area contributed by atoms with Crippen LogP contribution in [0.3, 0.4) is 0 Å². The van der Waals surface area contributed by atoms with Gasteiger partial charge in [0.2, 0.25) is 0 Å². The van der Waals surface area contributed by atoms with Crippen LogP contribution < -0.4 is 5.73 Å². The van der Waals surface area contributed by atoms with Crippen LogP contribution in [0, 0.1) is 46.3 Å². The second kappa shape index (κ2) is 6.00. The standard InChI is InChI=1S/C23H41N/c1-15-8-9-20-17-11-13-23(4)19(16(2)24)6-5-7-21(23)18(17)10-12-22(20,3)14-15/h15-21H,5-14,24H2,1-4H3/t15-,16?,17?,18+,19+,20+,21?,22+,23+/m0/s1. The normalized spacial score (nSPS) is 55.9. The lowest BCUT2D eigenvalue weighted by molar-refractivity contribution is -0.135. The predicted octanol–water partition coefficient (Wildman–Crippen LogP) is 6.02. The van der Waals surface area contributed by atoms with Crippen LogP contribution >= 0.6 is 0 Å². The van der Waals surface area contributed by atoms with Gasteiger partial charge in [-0.15, -0.1) is 0 Å². The number of nitrogens with two attached hydrogens (primary N) is 1. The van der Waals surface area contributed by atoms with E-state index >= 15 is 0 Å². The summed E-state index contributed by atoms with van der Waals surface area (Å²) in [7, 11) is 0. The highest BCUT2D eigenvalue weighted by Gasteiger charge is 2.57. The quantitative estimate of drug-likeness (QED) is 0.625. The molecule has 4 aliphatic rings.